The number of thiazole rings is 1. The minimum atomic E-state index is -0.279. The molecule has 2 unspecified atom stereocenters. The summed E-state index contributed by atoms with van der Waals surface area (Å²) in [6.45, 7) is 5.17. The predicted octanol–water partition coefficient (Wildman–Crippen LogP) is 1.69. The molecule has 1 saturated heterocycles. The lowest BCUT2D eigenvalue weighted by Crippen LogP contribution is -2.44. The van der Waals surface area contributed by atoms with E-state index in [0.29, 0.717) is 19.5 Å². The van der Waals surface area contributed by atoms with Crippen LogP contribution < -0.4 is 0 Å². The molecule has 2 rings (SSSR count). The number of amides is 1. The smallest absolute Gasteiger partial charge is 0.246 e. The highest BCUT2D eigenvalue weighted by Crippen LogP contribution is 2.17. The maximum Gasteiger partial charge on any atom is 0.246 e. The summed E-state index contributed by atoms with van der Waals surface area (Å²) in [6.07, 6.45) is 3.70. The van der Waals surface area contributed by atoms with E-state index in [1.54, 1.807) is 28.4 Å². The summed E-state index contributed by atoms with van der Waals surface area (Å²) in [5.41, 5.74) is 0.830. The molecule has 98 valence electrons. The first-order valence-electron chi connectivity index (χ1n) is 6.13. The van der Waals surface area contributed by atoms with Gasteiger partial charge in [-0.1, -0.05) is 6.92 Å². The quantitative estimate of drug-likeness (QED) is 0.829. The monoisotopic (exact) mass is 266 g/mol. The summed E-state index contributed by atoms with van der Waals surface area (Å²) in [7, 11) is 0. The molecule has 1 aromatic heterocycles. The molecule has 0 aromatic carbocycles. The zero-order valence-corrected chi connectivity index (χ0v) is 11.5. The number of piperidine rings is 1. The second-order valence-electron chi connectivity index (χ2n) is 4.74. The summed E-state index contributed by atoms with van der Waals surface area (Å²) < 4.78 is 0. The molecule has 1 fully saturated rings. The van der Waals surface area contributed by atoms with Crippen molar-refractivity contribution in [2.24, 2.45) is 5.92 Å². The Kier molecular flexibility index (Phi) is 4.14. The fourth-order valence-electron chi connectivity index (χ4n) is 2.05. The van der Waals surface area contributed by atoms with E-state index < -0.39 is 0 Å². The molecule has 1 amide bonds. The van der Waals surface area contributed by atoms with E-state index in [1.165, 1.54) is 0 Å². The molecule has 1 aromatic rings. The predicted molar refractivity (Wildman–Crippen MR) is 72.3 cm³/mol. The number of hydrogen-bond donors (Lipinski definition) is 1. The standard InChI is InChI=1S/C13H18N2O2S/c1-9-7-15(6-5-12(9)16)13(17)4-3-11-8-18-10(2)14-11/h3-4,8-9,12,16H,5-7H2,1-2H3/b4-3+. The number of carbonyl (C=O) groups is 1. The minimum absolute atomic E-state index is 0.000553. The van der Waals surface area contributed by atoms with Crippen molar-refractivity contribution in [2.45, 2.75) is 26.4 Å². The molecule has 0 saturated carbocycles. The molecule has 18 heavy (non-hydrogen) atoms. The Labute approximate surface area is 111 Å². The summed E-state index contributed by atoms with van der Waals surface area (Å²) >= 11 is 1.57. The van der Waals surface area contributed by atoms with Gasteiger partial charge in [0.25, 0.3) is 0 Å². The Balaban J connectivity index is 1.94. The fraction of sp³-hybridized carbons (Fsp3) is 0.538. The van der Waals surface area contributed by atoms with Crippen LogP contribution in [0.1, 0.15) is 24.0 Å². The summed E-state index contributed by atoms with van der Waals surface area (Å²) in [4.78, 5) is 18.0. The average Bonchev–Trinajstić information content (AvgIpc) is 2.75. The van der Waals surface area contributed by atoms with E-state index >= 15 is 0 Å². The van der Waals surface area contributed by atoms with Crippen LogP contribution in [0.5, 0.6) is 0 Å². The van der Waals surface area contributed by atoms with Gasteiger partial charge in [0.2, 0.25) is 5.91 Å². The van der Waals surface area contributed by atoms with Crippen LogP contribution in [0.3, 0.4) is 0 Å². The van der Waals surface area contributed by atoms with Gasteiger partial charge in [-0.25, -0.2) is 4.98 Å². The maximum atomic E-state index is 12.0. The third-order valence-corrected chi connectivity index (χ3v) is 4.00. The van der Waals surface area contributed by atoms with E-state index in [9.17, 15) is 9.90 Å². The molecular weight excluding hydrogens is 248 g/mol. The molecule has 2 heterocycles. The lowest BCUT2D eigenvalue weighted by Gasteiger charge is -2.33. The van der Waals surface area contributed by atoms with Crippen molar-refractivity contribution >= 4 is 23.3 Å². The molecule has 5 heteroatoms. The summed E-state index contributed by atoms with van der Waals surface area (Å²) in [5, 5.41) is 12.6. The summed E-state index contributed by atoms with van der Waals surface area (Å²) in [6, 6.07) is 0. The Morgan fingerprint density at radius 3 is 3.06 bits per heavy atom. The van der Waals surface area contributed by atoms with Crippen LogP contribution >= 0.6 is 11.3 Å². The van der Waals surface area contributed by atoms with Gasteiger partial charge in [-0.2, -0.15) is 0 Å². The highest BCUT2D eigenvalue weighted by Gasteiger charge is 2.25. The van der Waals surface area contributed by atoms with Crippen molar-refractivity contribution < 1.29 is 9.90 Å². The third kappa shape index (κ3) is 3.17. The SMILES string of the molecule is Cc1nc(/C=C/C(=O)N2CCC(O)C(C)C2)cs1. The molecule has 1 aliphatic heterocycles. The number of aryl methyl sites for hydroxylation is 1. The third-order valence-electron chi connectivity index (χ3n) is 3.21. The van der Waals surface area contributed by atoms with Gasteiger partial charge >= 0.3 is 0 Å². The second-order valence-corrected chi connectivity index (χ2v) is 5.80. The van der Waals surface area contributed by atoms with Gasteiger partial charge in [-0.15, -0.1) is 11.3 Å². The Hall–Kier alpha value is -1.20. The normalized spacial score (nSPS) is 24.7. The van der Waals surface area contributed by atoms with Crippen molar-refractivity contribution in [1.82, 2.24) is 9.88 Å². The van der Waals surface area contributed by atoms with Crippen molar-refractivity contribution in [3.63, 3.8) is 0 Å². The lowest BCUT2D eigenvalue weighted by atomic mass is 9.97. The highest BCUT2D eigenvalue weighted by atomic mass is 32.1. The molecule has 0 bridgehead atoms. The number of aromatic nitrogens is 1. The number of hydrogen-bond acceptors (Lipinski definition) is 4. The number of carbonyl (C=O) groups excluding carboxylic acids is 1. The van der Waals surface area contributed by atoms with Gasteiger partial charge in [0.1, 0.15) is 0 Å². The largest absolute Gasteiger partial charge is 0.393 e. The van der Waals surface area contributed by atoms with E-state index in [4.69, 9.17) is 0 Å². The van der Waals surface area contributed by atoms with Crippen LogP contribution in [-0.2, 0) is 4.79 Å². The Morgan fingerprint density at radius 1 is 1.67 bits per heavy atom. The zero-order valence-electron chi connectivity index (χ0n) is 10.7. The second kappa shape index (κ2) is 5.63. The van der Waals surface area contributed by atoms with Crippen molar-refractivity contribution in [3.05, 3.63) is 22.2 Å². The van der Waals surface area contributed by atoms with Gasteiger partial charge in [0, 0.05) is 24.5 Å². The number of rotatable bonds is 2. The van der Waals surface area contributed by atoms with Crippen LogP contribution in [0.4, 0.5) is 0 Å². The molecule has 2 atom stereocenters. The molecule has 1 N–H and O–H groups in total. The van der Waals surface area contributed by atoms with Crippen LogP contribution in [0.2, 0.25) is 0 Å². The first-order chi connectivity index (χ1) is 8.56. The highest BCUT2D eigenvalue weighted by molar-refractivity contribution is 7.09. The van der Waals surface area contributed by atoms with Crippen molar-refractivity contribution in [3.8, 4) is 0 Å². The first kappa shape index (κ1) is 13.2. The van der Waals surface area contributed by atoms with Gasteiger partial charge in [0.15, 0.2) is 0 Å². The van der Waals surface area contributed by atoms with Crippen molar-refractivity contribution in [2.75, 3.05) is 13.1 Å². The Bertz CT molecular complexity index is 456. The maximum absolute atomic E-state index is 12.0. The van der Waals surface area contributed by atoms with Gasteiger partial charge in [-0.05, 0) is 25.3 Å². The molecule has 0 radical (unpaired) electrons. The van der Waals surface area contributed by atoms with Crippen LogP contribution in [0.25, 0.3) is 6.08 Å². The molecule has 0 spiro atoms. The molecular formula is C13H18N2O2S. The van der Waals surface area contributed by atoms with E-state index in [1.807, 2.05) is 19.2 Å². The van der Waals surface area contributed by atoms with Gasteiger partial charge in [0.05, 0.1) is 16.8 Å². The van der Waals surface area contributed by atoms with E-state index in [0.717, 1.165) is 10.7 Å². The van der Waals surface area contributed by atoms with Crippen LogP contribution in [-0.4, -0.2) is 40.1 Å². The number of aliphatic hydroxyl groups is 1. The minimum Gasteiger partial charge on any atom is -0.393 e. The molecule has 1 aliphatic rings. The topological polar surface area (TPSA) is 53.4 Å². The van der Waals surface area contributed by atoms with Crippen LogP contribution in [0.15, 0.2) is 11.5 Å². The lowest BCUT2D eigenvalue weighted by molar-refractivity contribution is -0.129. The molecule has 0 aliphatic carbocycles. The zero-order chi connectivity index (χ0) is 13.1. The Morgan fingerprint density at radius 2 is 2.44 bits per heavy atom. The van der Waals surface area contributed by atoms with Gasteiger partial charge < -0.3 is 10.0 Å². The number of likely N-dealkylation sites (tertiary alicyclic amines) is 1. The van der Waals surface area contributed by atoms with Gasteiger partial charge in [-0.3, -0.25) is 4.79 Å². The summed E-state index contributed by atoms with van der Waals surface area (Å²) in [5.74, 6) is 0.150. The molecule has 4 nitrogen and oxygen atoms in total. The van der Waals surface area contributed by atoms with Crippen molar-refractivity contribution in [1.29, 1.82) is 0 Å². The number of aliphatic hydroxyl groups excluding tert-OH is 1. The van der Waals surface area contributed by atoms with E-state index in [2.05, 4.69) is 4.98 Å². The number of nitrogens with zero attached hydrogens (tertiary/aromatic N) is 2. The first-order valence-corrected chi connectivity index (χ1v) is 7.01. The van der Waals surface area contributed by atoms with E-state index in [-0.39, 0.29) is 17.9 Å². The average molecular weight is 266 g/mol. The fourth-order valence-corrected chi connectivity index (χ4v) is 2.63. The van der Waals surface area contributed by atoms with Crippen LogP contribution in [0, 0.1) is 12.8 Å².